The summed E-state index contributed by atoms with van der Waals surface area (Å²) in [5, 5.41) is 16.8. The van der Waals surface area contributed by atoms with Gasteiger partial charge in [-0.05, 0) is 19.4 Å². The quantitative estimate of drug-likeness (QED) is 0.845. The third-order valence-corrected chi connectivity index (χ3v) is 3.56. The van der Waals surface area contributed by atoms with Crippen LogP contribution in [0.1, 0.15) is 25.5 Å². The lowest BCUT2D eigenvalue weighted by molar-refractivity contribution is 0.694. The molecule has 2 aromatic heterocycles. The molecule has 0 radical (unpaired) electrons. The van der Waals surface area contributed by atoms with Crippen molar-refractivity contribution < 1.29 is 0 Å². The first kappa shape index (κ1) is 13.7. The van der Waals surface area contributed by atoms with E-state index in [1.165, 1.54) is 16.0 Å². The lowest BCUT2D eigenvalue weighted by Gasteiger charge is -2.01. The Bertz CT molecular complexity index is 619. The molecule has 0 saturated heterocycles. The molecular formula is C12H17N5OS. The number of aryl methyl sites for hydroxylation is 2. The Balaban J connectivity index is 2.25. The van der Waals surface area contributed by atoms with Crippen molar-refractivity contribution in [2.75, 3.05) is 11.9 Å². The second kappa shape index (κ2) is 5.92. The monoisotopic (exact) mass is 279 g/mol. The van der Waals surface area contributed by atoms with Crippen molar-refractivity contribution in [1.82, 2.24) is 20.0 Å². The van der Waals surface area contributed by atoms with Gasteiger partial charge in [0.2, 0.25) is 5.13 Å². The number of unbranched alkanes of at least 4 members (excludes halogenated alkanes) is 1. The summed E-state index contributed by atoms with van der Waals surface area (Å²) in [5.41, 5.74) is 1.19. The summed E-state index contributed by atoms with van der Waals surface area (Å²) >= 11 is 1.39. The molecule has 1 N–H and O–H groups in total. The summed E-state index contributed by atoms with van der Waals surface area (Å²) < 4.78 is 1.33. The van der Waals surface area contributed by atoms with E-state index in [9.17, 15) is 4.79 Å². The zero-order chi connectivity index (χ0) is 13.8. The average molecular weight is 279 g/mol. The molecule has 0 aliphatic rings. The van der Waals surface area contributed by atoms with Crippen LogP contribution in [-0.4, -0.2) is 26.5 Å². The van der Waals surface area contributed by atoms with E-state index in [1.54, 1.807) is 13.1 Å². The number of rotatable bonds is 5. The maximum atomic E-state index is 12.0. The second-order valence-electron chi connectivity index (χ2n) is 4.32. The van der Waals surface area contributed by atoms with E-state index in [-0.39, 0.29) is 5.56 Å². The zero-order valence-corrected chi connectivity index (χ0v) is 12.1. The standard InChI is InChI=1S/C12H17N5OS/c1-4-5-6-13-12-15-14-10(19-12)9-7-8(2)16-17(3)11(9)18/h7H,4-6H2,1-3H3,(H,13,15). The molecule has 0 aromatic carbocycles. The van der Waals surface area contributed by atoms with Crippen LogP contribution in [0.4, 0.5) is 5.13 Å². The number of hydrogen-bond acceptors (Lipinski definition) is 6. The van der Waals surface area contributed by atoms with Crippen LogP contribution < -0.4 is 10.9 Å². The molecule has 6 nitrogen and oxygen atoms in total. The number of aromatic nitrogens is 4. The van der Waals surface area contributed by atoms with Crippen molar-refractivity contribution in [1.29, 1.82) is 0 Å². The molecule has 7 heteroatoms. The highest BCUT2D eigenvalue weighted by Crippen LogP contribution is 2.23. The first-order valence-corrected chi connectivity index (χ1v) is 7.06. The largest absolute Gasteiger partial charge is 0.360 e. The molecule has 19 heavy (non-hydrogen) atoms. The van der Waals surface area contributed by atoms with E-state index in [0.29, 0.717) is 10.6 Å². The molecule has 0 atom stereocenters. The van der Waals surface area contributed by atoms with Crippen LogP contribution in [0.15, 0.2) is 10.9 Å². The molecular weight excluding hydrogens is 262 g/mol. The Morgan fingerprint density at radius 1 is 1.42 bits per heavy atom. The fraction of sp³-hybridized carbons (Fsp3) is 0.500. The minimum atomic E-state index is -0.151. The molecule has 0 unspecified atom stereocenters. The van der Waals surface area contributed by atoms with Crippen molar-refractivity contribution in [3.05, 3.63) is 22.1 Å². The first-order chi connectivity index (χ1) is 9.11. The summed E-state index contributed by atoms with van der Waals surface area (Å²) in [5.74, 6) is 0. The molecule has 2 heterocycles. The maximum absolute atomic E-state index is 12.0. The highest BCUT2D eigenvalue weighted by atomic mass is 32.1. The second-order valence-corrected chi connectivity index (χ2v) is 5.30. The van der Waals surface area contributed by atoms with Gasteiger partial charge in [0.15, 0.2) is 5.01 Å². The van der Waals surface area contributed by atoms with Crippen molar-refractivity contribution in [3.8, 4) is 10.6 Å². The summed E-state index contributed by atoms with van der Waals surface area (Å²) in [7, 11) is 1.64. The maximum Gasteiger partial charge on any atom is 0.276 e. The highest BCUT2D eigenvalue weighted by molar-refractivity contribution is 7.18. The van der Waals surface area contributed by atoms with Gasteiger partial charge in [-0.2, -0.15) is 5.10 Å². The zero-order valence-electron chi connectivity index (χ0n) is 11.3. The van der Waals surface area contributed by atoms with Gasteiger partial charge >= 0.3 is 0 Å². The van der Waals surface area contributed by atoms with Gasteiger partial charge in [-0.3, -0.25) is 4.79 Å². The Kier molecular flexibility index (Phi) is 4.26. The van der Waals surface area contributed by atoms with E-state index in [0.717, 1.165) is 30.2 Å². The van der Waals surface area contributed by atoms with Crippen molar-refractivity contribution >= 4 is 16.5 Å². The third-order valence-electron chi connectivity index (χ3n) is 2.65. The Labute approximate surface area is 115 Å². The van der Waals surface area contributed by atoms with Crippen LogP contribution >= 0.6 is 11.3 Å². The Morgan fingerprint density at radius 2 is 2.21 bits per heavy atom. The lowest BCUT2D eigenvalue weighted by atomic mass is 10.3. The average Bonchev–Trinajstić information content (AvgIpc) is 2.83. The highest BCUT2D eigenvalue weighted by Gasteiger charge is 2.12. The van der Waals surface area contributed by atoms with Gasteiger partial charge in [0.1, 0.15) is 0 Å². The first-order valence-electron chi connectivity index (χ1n) is 6.24. The van der Waals surface area contributed by atoms with E-state index in [4.69, 9.17) is 0 Å². The number of anilines is 1. The Morgan fingerprint density at radius 3 is 2.95 bits per heavy atom. The predicted molar refractivity (Wildman–Crippen MR) is 76.5 cm³/mol. The topological polar surface area (TPSA) is 72.7 Å². The van der Waals surface area contributed by atoms with E-state index in [2.05, 4.69) is 27.5 Å². The molecule has 0 saturated carbocycles. The van der Waals surface area contributed by atoms with Crippen LogP contribution in [0.3, 0.4) is 0 Å². The van der Waals surface area contributed by atoms with Gasteiger partial charge in [-0.15, -0.1) is 10.2 Å². The van der Waals surface area contributed by atoms with Crippen LogP contribution in [-0.2, 0) is 7.05 Å². The minimum absolute atomic E-state index is 0.151. The minimum Gasteiger partial charge on any atom is -0.360 e. The van der Waals surface area contributed by atoms with Gasteiger partial charge in [-0.25, -0.2) is 4.68 Å². The summed E-state index contributed by atoms with van der Waals surface area (Å²) in [6, 6.07) is 1.75. The summed E-state index contributed by atoms with van der Waals surface area (Å²) in [6.07, 6.45) is 2.22. The van der Waals surface area contributed by atoms with E-state index >= 15 is 0 Å². The van der Waals surface area contributed by atoms with Crippen LogP contribution in [0.5, 0.6) is 0 Å². The predicted octanol–water partition coefficient (Wildman–Crippen LogP) is 1.82. The van der Waals surface area contributed by atoms with E-state index in [1.807, 2.05) is 6.92 Å². The number of hydrogen-bond donors (Lipinski definition) is 1. The SMILES string of the molecule is CCCCNc1nnc(-c2cc(C)nn(C)c2=O)s1. The van der Waals surface area contributed by atoms with Gasteiger partial charge in [0.05, 0.1) is 11.3 Å². The molecule has 0 aliphatic heterocycles. The Hall–Kier alpha value is -1.76. The molecule has 2 aromatic rings. The number of nitrogens with one attached hydrogen (secondary N) is 1. The molecule has 0 bridgehead atoms. The fourth-order valence-corrected chi connectivity index (χ4v) is 2.46. The van der Waals surface area contributed by atoms with Crippen molar-refractivity contribution in [2.24, 2.45) is 7.05 Å². The van der Waals surface area contributed by atoms with Gasteiger partial charge in [0.25, 0.3) is 5.56 Å². The van der Waals surface area contributed by atoms with Crippen LogP contribution in [0.25, 0.3) is 10.6 Å². The molecule has 0 amide bonds. The van der Waals surface area contributed by atoms with E-state index < -0.39 is 0 Å². The van der Waals surface area contributed by atoms with Crippen LogP contribution in [0.2, 0.25) is 0 Å². The lowest BCUT2D eigenvalue weighted by Crippen LogP contribution is -2.21. The molecule has 102 valence electrons. The molecule has 0 fully saturated rings. The van der Waals surface area contributed by atoms with Crippen LogP contribution in [0, 0.1) is 6.92 Å². The van der Waals surface area contributed by atoms with Gasteiger partial charge < -0.3 is 5.32 Å². The third kappa shape index (κ3) is 3.17. The van der Waals surface area contributed by atoms with Gasteiger partial charge in [0, 0.05) is 13.6 Å². The molecule has 0 aliphatic carbocycles. The summed E-state index contributed by atoms with van der Waals surface area (Å²) in [4.78, 5) is 12.0. The van der Waals surface area contributed by atoms with Crippen molar-refractivity contribution in [2.45, 2.75) is 26.7 Å². The number of nitrogens with zero attached hydrogens (tertiary/aromatic N) is 4. The van der Waals surface area contributed by atoms with Gasteiger partial charge in [-0.1, -0.05) is 24.7 Å². The smallest absolute Gasteiger partial charge is 0.276 e. The summed E-state index contributed by atoms with van der Waals surface area (Å²) in [6.45, 7) is 4.86. The normalized spacial score (nSPS) is 10.7. The fourth-order valence-electron chi connectivity index (χ4n) is 1.68. The van der Waals surface area contributed by atoms with Crippen molar-refractivity contribution in [3.63, 3.8) is 0 Å². The molecule has 2 rings (SSSR count). The molecule has 0 spiro atoms.